The highest BCUT2D eigenvalue weighted by Gasteiger charge is 2.08. The standard InChI is InChI=1S/C13H18N2O3S/c1-2-10-19(16,17)15-12-6-5-7-13(11-12)18-9-4-3-8-14/h5-7,11,15H,2-4,9-10H2,1H3. The van der Waals surface area contributed by atoms with Crippen molar-refractivity contribution in [2.45, 2.75) is 26.2 Å². The number of nitrogens with one attached hydrogen (secondary N) is 1. The first kappa shape index (κ1) is 15.3. The van der Waals surface area contributed by atoms with E-state index in [9.17, 15) is 8.42 Å². The lowest BCUT2D eigenvalue weighted by molar-refractivity contribution is 0.313. The molecule has 0 aliphatic heterocycles. The van der Waals surface area contributed by atoms with Crippen molar-refractivity contribution in [3.8, 4) is 11.8 Å². The van der Waals surface area contributed by atoms with Gasteiger partial charge in [0.15, 0.2) is 0 Å². The molecule has 0 aliphatic rings. The monoisotopic (exact) mass is 282 g/mol. The van der Waals surface area contributed by atoms with Gasteiger partial charge in [-0.1, -0.05) is 13.0 Å². The number of benzene rings is 1. The molecular weight excluding hydrogens is 264 g/mol. The van der Waals surface area contributed by atoms with Crippen LogP contribution in [0, 0.1) is 11.3 Å². The minimum Gasteiger partial charge on any atom is -0.493 e. The van der Waals surface area contributed by atoms with Gasteiger partial charge in [-0.05, 0) is 25.0 Å². The van der Waals surface area contributed by atoms with Gasteiger partial charge in [0, 0.05) is 12.5 Å². The van der Waals surface area contributed by atoms with Crippen LogP contribution in [0.1, 0.15) is 26.2 Å². The SMILES string of the molecule is CCCS(=O)(=O)Nc1cccc(OCCCC#N)c1. The minimum absolute atomic E-state index is 0.0975. The maximum Gasteiger partial charge on any atom is 0.232 e. The van der Waals surface area contributed by atoms with E-state index in [-0.39, 0.29) is 5.75 Å². The lowest BCUT2D eigenvalue weighted by Crippen LogP contribution is -2.16. The third kappa shape index (κ3) is 6.11. The van der Waals surface area contributed by atoms with Gasteiger partial charge in [0.25, 0.3) is 0 Å². The summed E-state index contributed by atoms with van der Waals surface area (Å²) in [6.07, 6.45) is 1.67. The van der Waals surface area contributed by atoms with Gasteiger partial charge in [0.05, 0.1) is 24.1 Å². The summed E-state index contributed by atoms with van der Waals surface area (Å²) in [6.45, 7) is 2.26. The molecule has 0 aliphatic carbocycles. The van der Waals surface area contributed by atoms with Crippen LogP contribution < -0.4 is 9.46 Å². The highest BCUT2D eigenvalue weighted by molar-refractivity contribution is 7.92. The van der Waals surface area contributed by atoms with Crippen molar-refractivity contribution >= 4 is 15.7 Å². The van der Waals surface area contributed by atoms with E-state index < -0.39 is 10.0 Å². The molecule has 0 bridgehead atoms. The first-order chi connectivity index (χ1) is 9.07. The zero-order chi connectivity index (χ0) is 14.1. The number of nitriles is 1. The maximum absolute atomic E-state index is 11.6. The molecule has 0 saturated heterocycles. The highest BCUT2D eigenvalue weighted by atomic mass is 32.2. The van der Waals surface area contributed by atoms with Gasteiger partial charge in [-0.2, -0.15) is 5.26 Å². The fraction of sp³-hybridized carbons (Fsp3) is 0.462. The minimum atomic E-state index is -3.28. The van der Waals surface area contributed by atoms with Crippen LogP contribution in [0.2, 0.25) is 0 Å². The zero-order valence-corrected chi connectivity index (χ0v) is 11.7. The van der Waals surface area contributed by atoms with Crippen molar-refractivity contribution in [1.29, 1.82) is 5.26 Å². The highest BCUT2D eigenvalue weighted by Crippen LogP contribution is 2.18. The second-order valence-electron chi connectivity index (χ2n) is 4.06. The Morgan fingerprint density at radius 3 is 2.89 bits per heavy atom. The van der Waals surface area contributed by atoms with Crippen LogP contribution in [0.4, 0.5) is 5.69 Å². The number of nitrogens with zero attached hydrogens (tertiary/aromatic N) is 1. The van der Waals surface area contributed by atoms with Crippen LogP contribution >= 0.6 is 0 Å². The fourth-order valence-corrected chi connectivity index (χ4v) is 2.62. The average molecular weight is 282 g/mol. The summed E-state index contributed by atoms with van der Waals surface area (Å²) in [6, 6.07) is 8.83. The quantitative estimate of drug-likeness (QED) is 0.743. The summed E-state index contributed by atoms with van der Waals surface area (Å²) >= 11 is 0. The summed E-state index contributed by atoms with van der Waals surface area (Å²) in [7, 11) is -3.28. The van der Waals surface area contributed by atoms with Crippen molar-refractivity contribution in [1.82, 2.24) is 0 Å². The Morgan fingerprint density at radius 1 is 1.42 bits per heavy atom. The average Bonchev–Trinajstić information content (AvgIpc) is 2.34. The molecular formula is C13H18N2O3S. The number of sulfonamides is 1. The third-order valence-electron chi connectivity index (χ3n) is 2.28. The molecule has 1 N–H and O–H groups in total. The molecule has 0 fully saturated rings. The number of anilines is 1. The topological polar surface area (TPSA) is 79.2 Å². The van der Waals surface area contributed by atoms with Crippen LogP contribution in [-0.2, 0) is 10.0 Å². The number of unbranched alkanes of at least 4 members (excludes halogenated alkanes) is 1. The van der Waals surface area contributed by atoms with Gasteiger partial charge in [0.2, 0.25) is 10.0 Å². The molecule has 0 saturated carbocycles. The maximum atomic E-state index is 11.6. The molecule has 0 aromatic heterocycles. The molecule has 6 heteroatoms. The van der Waals surface area contributed by atoms with Gasteiger partial charge >= 0.3 is 0 Å². The lowest BCUT2D eigenvalue weighted by atomic mass is 10.3. The lowest BCUT2D eigenvalue weighted by Gasteiger charge is -2.09. The van der Waals surface area contributed by atoms with Crippen molar-refractivity contribution in [3.05, 3.63) is 24.3 Å². The van der Waals surface area contributed by atoms with E-state index in [2.05, 4.69) is 4.72 Å². The van der Waals surface area contributed by atoms with E-state index in [1.165, 1.54) is 0 Å². The first-order valence-corrected chi connectivity index (χ1v) is 7.83. The normalized spacial score (nSPS) is 10.7. The Balaban J connectivity index is 2.60. The zero-order valence-electron chi connectivity index (χ0n) is 10.9. The van der Waals surface area contributed by atoms with E-state index in [1.54, 1.807) is 24.3 Å². The summed E-state index contributed by atoms with van der Waals surface area (Å²) in [5.41, 5.74) is 0.492. The molecule has 0 amide bonds. The summed E-state index contributed by atoms with van der Waals surface area (Å²) in [5.74, 6) is 0.690. The molecule has 0 radical (unpaired) electrons. The summed E-state index contributed by atoms with van der Waals surface area (Å²) in [4.78, 5) is 0. The molecule has 104 valence electrons. The van der Waals surface area contributed by atoms with Crippen LogP contribution in [0.3, 0.4) is 0 Å². The second-order valence-corrected chi connectivity index (χ2v) is 5.90. The second kappa shape index (κ2) is 7.64. The Kier molecular flexibility index (Phi) is 6.16. The number of hydrogen-bond acceptors (Lipinski definition) is 4. The molecule has 1 aromatic carbocycles. The Morgan fingerprint density at radius 2 is 2.21 bits per heavy atom. The van der Waals surface area contributed by atoms with Crippen molar-refractivity contribution in [2.75, 3.05) is 17.1 Å². The van der Waals surface area contributed by atoms with Gasteiger partial charge in [0.1, 0.15) is 5.75 Å². The van der Waals surface area contributed by atoms with Crippen LogP contribution in [0.5, 0.6) is 5.75 Å². The molecule has 0 spiro atoms. The van der Waals surface area contributed by atoms with Gasteiger partial charge in [-0.25, -0.2) is 8.42 Å². The Hall–Kier alpha value is -1.74. The van der Waals surface area contributed by atoms with Gasteiger partial charge < -0.3 is 4.74 Å². The van der Waals surface area contributed by atoms with Crippen molar-refractivity contribution < 1.29 is 13.2 Å². The van der Waals surface area contributed by atoms with E-state index in [0.717, 1.165) is 0 Å². The van der Waals surface area contributed by atoms with Crippen LogP contribution in [0.25, 0.3) is 0 Å². The number of ether oxygens (including phenoxy) is 1. The summed E-state index contributed by atoms with van der Waals surface area (Å²) in [5, 5.41) is 8.40. The van der Waals surface area contributed by atoms with Crippen molar-refractivity contribution in [3.63, 3.8) is 0 Å². The van der Waals surface area contributed by atoms with E-state index in [0.29, 0.717) is 37.3 Å². The van der Waals surface area contributed by atoms with Crippen LogP contribution in [-0.4, -0.2) is 20.8 Å². The fourth-order valence-electron chi connectivity index (χ4n) is 1.49. The Bertz CT molecular complexity index is 535. The molecule has 1 rings (SSSR count). The first-order valence-electron chi connectivity index (χ1n) is 6.17. The molecule has 19 heavy (non-hydrogen) atoms. The predicted molar refractivity (Wildman–Crippen MR) is 74.5 cm³/mol. The number of rotatable bonds is 8. The third-order valence-corrected chi connectivity index (χ3v) is 3.77. The Labute approximate surface area is 114 Å². The summed E-state index contributed by atoms with van der Waals surface area (Å²) < 4.78 is 31.2. The van der Waals surface area contributed by atoms with E-state index >= 15 is 0 Å². The molecule has 5 nitrogen and oxygen atoms in total. The molecule has 0 atom stereocenters. The van der Waals surface area contributed by atoms with E-state index in [1.807, 2.05) is 13.0 Å². The predicted octanol–water partition coefficient (Wildman–Crippen LogP) is 2.52. The van der Waals surface area contributed by atoms with E-state index in [4.69, 9.17) is 10.00 Å². The molecule has 1 aromatic rings. The largest absolute Gasteiger partial charge is 0.493 e. The molecule has 0 unspecified atom stereocenters. The van der Waals surface area contributed by atoms with Crippen LogP contribution in [0.15, 0.2) is 24.3 Å². The number of hydrogen-bond donors (Lipinski definition) is 1. The molecule has 0 heterocycles. The van der Waals surface area contributed by atoms with Gasteiger partial charge in [-0.15, -0.1) is 0 Å². The van der Waals surface area contributed by atoms with Crippen molar-refractivity contribution in [2.24, 2.45) is 0 Å². The van der Waals surface area contributed by atoms with Gasteiger partial charge in [-0.3, -0.25) is 4.72 Å². The smallest absolute Gasteiger partial charge is 0.232 e.